The lowest BCUT2D eigenvalue weighted by molar-refractivity contribution is -0.119. The predicted molar refractivity (Wildman–Crippen MR) is 107 cm³/mol. The van der Waals surface area contributed by atoms with Crippen LogP contribution in [-0.2, 0) is 9.53 Å². The fourth-order valence-electron chi connectivity index (χ4n) is 3.91. The van der Waals surface area contributed by atoms with Crippen molar-refractivity contribution < 1.29 is 14.3 Å². The molecule has 1 aromatic carbocycles. The molecule has 0 aromatic heterocycles. The van der Waals surface area contributed by atoms with Gasteiger partial charge in [-0.15, -0.1) is 0 Å². The van der Waals surface area contributed by atoms with Crippen LogP contribution in [0.15, 0.2) is 24.3 Å². The topological polar surface area (TPSA) is 70.7 Å². The minimum Gasteiger partial charge on any atom is -0.376 e. The third kappa shape index (κ3) is 5.70. The van der Waals surface area contributed by atoms with Crippen LogP contribution in [0.1, 0.15) is 51.9 Å². The van der Waals surface area contributed by atoms with Gasteiger partial charge in [0.05, 0.1) is 12.7 Å². The maximum absolute atomic E-state index is 12.1. The van der Waals surface area contributed by atoms with Gasteiger partial charge in [0.25, 0.3) is 0 Å². The number of hydrogen-bond acceptors (Lipinski definition) is 3. The number of carbonyl (C=O) groups excluding carboxylic acids is 2. The molecule has 1 saturated carbocycles. The normalized spacial score (nSPS) is 23.1. The number of piperidine rings is 1. The van der Waals surface area contributed by atoms with Crippen LogP contribution in [0.25, 0.3) is 0 Å². The van der Waals surface area contributed by atoms with Crippen LogP contribution in [0.3, 0.4) is 0 Å². The van der Waals surface area contributed by atoms with Crippen LogP contribution in [0.2, 0.25) is 0 Å². The van der Waals surface area contributed by atoms with Gasteiger partial charge in [0.1, 0.15) is 0 Å². The highest BCUT2D eigenvalue weighted by Gasteiger charge is 2.22. The molecule has 2 atom stereocenters. The molecule has 1 aromatic rings. The highest BCUT2D eigenvalue weighted by atomic mass is 16.5. The molecule has 1 aliphatic heterocycles. The van der Waals surface area contributed by atoms with Crippen LogP contribution in [0, 0.1) is 5.92 Å². The number of nitrogens with one attached hydrogen (secondary N) is 2. The molecule has 3 rings (SSSR count). The van der Waals surface area contributed by atoms with Crippen molar-refractivity contribution in [3.63, 3.8) is 0 Å². The Bertz CT molecular complexity index is 649. The highest BCUT2D eigenvalue weighted by molar-refractivity contribution is 5.95. The molecule has 2 fully saturated rings. The van der Waals surface area contributed by atoms with Crippen LogP contribution >= 0.6 is 0 Å². The minimum atomic E-state index is -0.252. The summed E-state index contributed by atoms with van der Waals surface area (Å²) in [6.45, 7) is 4.00. The average molecular weight is 373 g/mol. The van der Waals surface area contributed by atoms with Crippen molar-refractivity contribution >= 4 is 23.3 Å². The van der Waals surface area contributed by atoms with Gasteiger partial charge in [-0.1, -0.05) is 25.8 Å². The number of rotatable bonds is 6. The molecule has 3 amide bonds. The average Bonchev–Trinajstić information content (AvgIpc) is 2.67. The van der Waals surface area contributed by atoms with E-state index in [-0.39, 0.29) is 11.9 Å². The Balaban J connectivity index is 1.42. The molecule has 2 unspecified atom stereocenters. The molecule has 2 aliphatic rings. The summed E-state index contributed by atoms with van der Waals surface area (Å²) in [5, 5.41) is 5.68. The number of nitrogens with zero attached hydrogens (tertiary/aromatic N) is 1. The third-order valence-corrected chi connectivity index (χ3v) is 5.49. The number of hydrogen-bond donors (Lipinski definition) is 2. The molecule has 0 bridgehead atoms. The number of ether oxygens (including phenoxy) is 1. The largest absolute Gasteiger partial charge is 0.376 e. The zero-order chi connectivity index (χ0) is 19.1. The van der Waals surface area contributed by atoms with E-state index in [0.29, 0.717) is 37.3 Å². The number of urea groups is 1. The van der Waals surface area contributed by atoms with E-state index in [1.54, 1.807) is 4.90 Å². The van der Waals surface area contributed by atoms with E-state index < -0.39 is 0 Å². The summed E-state index contributed by atoms with van der Waals surface area (Å²) in [5.41, 5.74) is 1.53. The minimum absolute atomic E-state index is 0.150. The molecule has 1 aliphatic carbocycles. The summed E-state index contributed by atoms with van der Waals surface area (Å²) >= 11 is 0. The van der Waals surface area contributed by atoms with Crippen molar-refractivity contribution in [2.45, 2.75) is 58.0 Å². The van der Waals surface area contributed by atoms with Gasteiger partial charge in [0.2, 0.25) is 5.91 Å². The maximum atomic E-state index is 12.1. The third-order valence-electron chi connectivity index (χ3n) is 5.49. The van der Waals surface area contributed by atoms with Crippen LogP contribution in [-0.4, -0.2) is 37.7 Å². The SMILES string of the molecule is CC1CCCCC1OCCNC(=O)Nc1cccc(N2CCCCC2=O)c1. The molecule has 27 heavy (non-hydrogen) atoms. The van der Waals surface area contributed by atoms with E-state index in [1.807, 2.05) is 24.3 Å². The zero-order valence-corrected chi connectivity index (χ0v) is 16.2. The van der Waals surface area contributed by atoms with Gasteiger partial charge in [0, 0.05) is 30.9 Å². The summed E-state index contributed by atoms with van der Waals surface area (Å²) in [4.78, 5) is 26.0. The van der Waals surface area contributed by atoms with Gasteiger partial charge in [-0.3, -0.25) is 4.79 Å². The van der Waals surface area contributed by atoms with Crippen molar-refractivity contribution in [3.05, 3.63) is 24.3 Å². The Morgan fingerprint density at radius 2 is 2.07 bits per heavy atom. The second-order valence-electron chi connectivity index (χ2n) is 7.60. The van der Waals surface area contributed by atoms with Crippen molar-refractivity contribution in [3.8, 4) is 0 Å². The number of carbonyl (C=O) groups is 2. The quantitative estimate of drug-likeness (QED) is 0.743. The van der Waals surface area contributed by atoms with Crippen LogP contribution in [0.5, 0.6) is 0 Å². The molecule has 148 valence electrons. The molecule has 0 spiro atoms. The highest BCUT2D eigenvalue weighted by Crippen LogP contribution is 2.26. The molecule has 0 radical (unpaired) electrons. The Morgan fingerprint density at radius 1 is 1.22 bits per heavy atom. The summed E-state index contributed by atoms with van der Waals surface area (Å²) in [6.07, 6.45) is 7.77. The van der Waals surface area contributed by atoms with Crippen LogP contribution in [0.4, 0.5) is 16.2 Å². The lowest BCUT2D eigenvalue weighted by atomic mass is 9.88. The lowest BCUT2D eigenvalue weighted by Gasteiger charge is -2.28. The number of benzene rings is 1. The molecule has 1 saturated heterocycles. The van der Waals surface area contributed by atoms with E-state index in [9.17, 15) is 9.59 Å². The Kier molecular flexibility index (Phi) is 7.10. The molecular formula is C21H31N3O3. The number of amides is 3. The van der Waals surface area contributed by atoms with Crippen molar-refractivity contribution in [2.75, 3.05) is 29.9 Å². The fourth-order valence-corrected chi connectivity index (χ4v) is 3.91. The first-order chi connectivity index (χ1) is 13.1. The Morgan fingerprint density at radius 3 is 2.89 bits per heavy atom. The molecule has 6 heteroatoms. The van der Waals surface area contributed by atoms with Gasteiger partial charge < -0.3 is 20.3 Å². The van der Waals surface area contributed by atoms with Gasteiger partial charge in [-0.05, 0) is 49.8 Å². The Hall–Kier alpha value is -2.08. The van der Waals surface area contributed by atoms with Crippen molar-refractivity contribution in [1.29, 1.82) is 0 Å². The molecule has 2 N–H and O–H groups in total. The first-order valence-electron chi connectivity index (χ1n) is 10.2. The summed E-state index contributed by atoms with van der Waals surface area (Å²) in [6, 6.07) is 7.20. The van der Waals surface area contributed by atoms with E-state index in [4.69, 9.17) is 4.74 Å². The second-order valence-corrected chi connectivity index (χ2v) is 7.60. The van der Waals surface area contributed by atoms with E-state index >= 15 is 0 Å². The lowest BCUT2D eigenvalue weighted by Crippen LogP contribution is -2.35. The van der Waals surface area contributed by atoms with E-state index in [1.165, 1.54) is 19.3 Å². The van der Waals surface area contributed by atoms with Gasteiger partial charge in [-0.2, -0.15) is 0 Å². The van der Waals surface area contributed by atoms with E-state index in [2.05, 4.69) is 17.6 Å². The fraction of sp³-hybridized carbons (Fsp3) is 0.619. The maximum Gasteiger partial charge on any atom is 0.319 e. The van der Waals surface area contributed by atoms with Gasteiger partial charge in [0.15, 0.2) is 0 Å². The predicted octanol–water partition coefficient (Wildman–Crippen LogP) is 3.92. The molecular weight excluding hydrogens is 342 g/mol. The zero-order valence-electron chi connectivity index (χ0n) is 16.2. The Labute approximate surface area is 161 Å². The smallest absolute Gasteiger partial charge is 0.319 e. The standard InChI is InChI=1S/C21H31N3O3/c1-16-7-2-3-10-19(16)27-14-12-22-21(26)23-17-8-6-9-18(15-17)24-13-5-4-11-20(24)25/h6,8-9,15-16,19H,2-5,7,10-14H2,1H3,(H2,22,23,26). The summed E-state index contributed by atoms with van der Waals surface area (Å²) < 4.78 is 5.92. The van der Waals surface area contributed by atoms with Crippen molar-refractivity contribution in [1.82, 2.24) is 5.32 Å². The monoisotopic (exact) mass is 373 g/mol. The van der Waals surface area contributed by atoms with E-state index in [0.717, 1.165) is 31.5 Å². The second kappa shape index (κ2) is 9.74. The van der Waals surface area contributed by atoms with Crippen molar-refractivity contribution in [2.24, 2.45) is 5.92 Å². The number of anilines is 2. The first-order valence-corrected chi connectivity index (χ1v) is 10.2. The van der Waals surface area contributed by atoms with Crippen LogP contribution < -0.4 is 15.5 Å². The summed E-state index contributed by atoms with van der Waals surface area (Å²) in [7, 11) is 0. The summed E-state index contributed by atoms with van der Waals surface area (Å²) in [5.74, 6) is 0.754. The first kappa shape index (κ1) is 19.7. The molecule has 1 heterocycles. The molecule has 6 nitrogen and oxygen atoms in total. The van der Waals surface area contributed by atoms with Gasteiger partial charge in [-0.25, -0.2) is 4.79 Å². The van der Waals surface area contributed by atoms with Gasteiger partial charge >= 0.3 is 6.03 Å².